The number of aromatic nitrogens is 2. The summed E-state index contributed by atoms with van der Waals surface area (Å²) in [6, 6.07) is 4.15. The zero-order chi connectivity index (χ0) is 12.4. The first-order valence-electron chi connectivity index (χ1n) is 5.08. The molecule has 0 N–H and O–H groups in total. The lowest BCUT2D eigenvalue weighted by atomic mass is 10.1. The molecule has 2 aromatic rings. The third-order valence-corrected chi connectivity index (χ3v) is 3.09. The van der Waals surface area contributed by atoms with Gasteiger partial charge in [-0.25, -0.2) is 14.4 Å². The van der Waals surface area contributed by atoms with E-state index in [-0.39, 0.29) is 5.82 Å². The SMILES string of the molecule is CCc1c(Cl)ncnc1-c1cc(F)ccc1Cl. The van der Waals surface area contributed by atoms with E-state index < -0.39 is 0 Å². The van der Waals surface area contributed by atoms with Gasteiger partial charge < -0.3 is 0 Å². The number of rotatable bonds is 2. The highest BCUT2D eigenvalue weighted by Gasteiger charge is 2.13. The first kappa shape index (κ1) is 12.3. The monoisotopic (exact) mass is 270 g/mol. The molecule has 0 radical (unpaired) electrons. The van der Waals surface area contributed by atoms with Gasteiger partial charge in [0, 0.05) is 11.1 Å². The van der Waals surface area contributed by atoms with Gasteiger partial charge in [0.15, 0.2) is 0 Å². The largest absolute Gasteiger partial charge is 0.236 e. The number of hydrogen-bond donors (Lipinski definition) is 0. The number of nitrogens with zero attached hydrogens (tertiary/aromatic N) is 2. The van der Waals surface area contributed by atoms with Gasteiger partial charge in [0.05, 0.1) is 10.7 Å². The third-order valence-electron chi connectivity index (χ3n) is 2.43. The molecule has 2 rings (SSSR count). The van der Waals surface area contributed by atoms with Crippen LogP contribution in [0.5, 0.6) is 0 Å². The van der Waals surface area contributed by atoms with Crippen molar-refractivity contribution in [2.45, 2.75) is 13.3 Å². The Morgan fingerprint density at radius 2 is 2.00 bits per heavy atom. The number of halogens is 3. The molecule has 0 unspecified atom stereocenters. The molecule has 1 heterocycles. The maximum atomic E-state index is 13.2. The van der Waals surface area contributed by atoms with Gasteiger partial charge in [-0.05, 0) is 24.6 Å². The van der Waals surface area contributed by atoms with Crippen LogP contribution in [0.2, 0.25) is 10.2 Å². The van der Waals surface area contributed by atoms with Gasteiger partial charge in [0.2, 0.25) is 0 Å². The molecule has 0 spiro atoms. The van der Waals surface area contributed by atoms with Crippen LogP contribution >= 0.6 is 23.2 Å². The lowest BCUT2D eigenvalue weighted by Crippen LogP contribution is -1.96. The molecule has 0 saturated heterocycles. The lowest BCUT2D eigenvalue weighted by Gasteiger charge is -2.09. The summed E-state index contributed by atoms with van der Waals surface area (Å²) in [7, 11) is 0. The zero-order valence-electron chi connectivity index (χ0n) is 9.04. The molecule has 0 amide bonds. The van der Waals surface area contributed by atoms with Crippen molar-refractivity contribution in [2.75, 3.05) is 0 Å². The molecular formula is C12H9Cl2FN2. The van der Waals surface area contributed by atoms with Crippen molar-refractivity contribution in [3.8, 4) is 11.3 Å². The average molecular weight is 271 g/mol. The van der Waals surface area contributed by atoms with E-state index in [9.17, 15) is 4.39 Å². The van der Waals surface area contributed by atoms with Crippen molar-refractivity contribution < 1.29 is 4.39 Å². The van der Waals surface area contributed by atoms with Crippen molar-refractivity contribution in [1.29, 1.82) is 0 Å². The maximum absolute atomic E-state index is 13.2. The quantitative estimate of drug-likeness (QED) is 0.767. The third kappa shape index (κ3) is 2.40. The minimum atomic E-state index is -0.360. The number of hydrogen-bond acceptors (Lipinski definition) is 2. The van der Waals surface area contributed by atoms with Crippen molar-refractivity contribution in [2.24, 2.45) is 0 Å². The van der Waals surface area contributed by atoms with E-state index in [1.807, 2.05) is 6.92 Å². The summed E-state index contributed by atoms with van der Waals surface area (Å²) in [6.07, 6.45) is 2.00. The molecule has 0 aliphatic carbocycles. The van der Waals surface area contributed by atoms with Crippen LogP contribution < -0.4 is 0 Å². The summed E-state index contributed by atoms with van der Waals surface area (Å²) in [5, 5.41) is 0.814. The molecule has 0 atom stereocenters. The second-order valence-electron chi connectivity index (χ2n) is 3.47. The zero-order valence-corrected chi connectivity index (χ0v) is 10.6. The normalized spacial score (nSPS) is 10.6. The summed E-state index contributed by atoms with van der Waals surface area (Å²) in [5.41, 5.74) is 1.88. The fourth-order valence-electron chi connectivity index (χ4n) is 1.62. The van der Waals surface area contributed by atoms with E-state index in [2.05, 4.69) is 9.97 Å². The fraction of sp³-hybridized carbons (Fsp3) is 0.167. The smallest absolute Gasteiger partial charge is 0.136 e. The van der Waals surface area contributed by atoms with E-state index in [1.165, 1.54) is 24.5 Å². The van der Waals surface area contributed by atoms with Crippen molar-refractivity contribution in [3.63, 3.8) is 0 Å². The van der Waals surface area contributed by atoms with Crippen LogP contribution in [0.4, 0.5) is 4.39 Å². The van der Waals surface area contributed by atoms with Crippen LogP contribution in [0.15, 0.2) is 24.5 Å². The molecule has 0 bridgehead atoms. The predicted octanol–water partition coefficient (Wildman–Crippen LogP) is 4.15. The second kappa shape index (κ2) is 4.98. The predicted molar refractivity (Wildman–Crippen MR) is 66.8 cm³/mol. The summed E-state index contributed by atoms with van der Waals surface area (Å²) >= 11 is 12.0. The van der Waals surface area contributed by atoms with Crippen LogP contribution in [-0.4, -0.2) is 9.97 Å². The van der Waals surface area contributed by atoms with Gasteiger partial charge in [0.1, 0.15) is 17.3 Å². The van der Waals surface area contributed by atoms with E-state index in [4.69, 9.17) is 23.2 Å². The molecule has 0 aliphatic heterocycles. The van der Waals surface area contributed by atoms with Crippen LogP contribution in [-0.2, 0) is 6.42 Å². The van der Waals surface area contributed by atoms with Gasteiger partial charge >= 0.3 is 0 Å². The van der Waals surface area contributed by atoms with E-state index in [1.54, 1.807) is 0 Å². The lowest BCUT2D eigenvalue weighted by molar-refractivity contribution is 0.628. The first-order chi connectivity index (χ1) is 8.13. The first-order valence-corrected chi connectivity index (χ1v) is 5.84. The highest BCUT2D eigenvalue weighted by atomic mass is 35.5. The van der Waals surface area contributed by atoms with Crippen LogP contribution in [0, 0.1) is 5.82 Å². The summed E-state index contributed by atoms with van der Waals surface area (Å²) in [4.78, 5) is 8.04. The fourth-order valence-corrected chi connectivity index (χ4v) is 2.09. The van der Waals surface area contributed by atoms with Crippen LogP contribution in [0.25, 0.3) is 11.3 Å². The van der Waals surface area contributed by atoms with E-state index >= 15 is 0 Å². The van der Waals surface area contributed by atoms with Gasteiger partial charge in [-0.2, -0.15) is 0 Å². The summed E-state index contributed by atoms with van der Waals surface area (Å²) in [6.45, 7) is 1.93. The Balaban J connectivity index is 2.68. The maximum Gasteiger partial charge on any atom is 0.136 e. The Bertz CT molecular complexity index is 558. The van der Waals surface area contributed by atoms with E-state index in [0.717, 1.165) is 5.56 Å². The van der Waals surface area contributed by atoms with Gasteiger partial charge in [-0.1, -0.05) is 30.1 Å². The standard InChI is InChI=1S/C12H9Cl2FN2/c1-2-8-11(16-6-17-12(8)14)9-5-7(15)3-4-10(9)13/h3-6H,2H2,1H3. The van der Waals surface area contributed by atoms with Gasteiger partial charge in [-0.15, -0.1) is 0 Å². The highest BCUT2D eigenvalue weighted by molar-refractivity contribution is 6.33. The Labute approximate surface area is 108 Å². The van der Waals surface area contributed by atoms with E-state index in [0.29, 0.717) is 27.9 Å². The molecule has 88 valence electrons. The van der Waals surface area contributed by atoms with Crippen molar-refractivity contribution in [1.82, 2.24) is 9.97 Å². The van der Waals surface area contributed by atoms with Gasteiger partial charge in [0.25, 0.3) is 0 Å². The van der Waals surface area contributed by atoms with Crippen molar-refractivity contribution in [3.05, 3.63) is 46.1 Å². The molecule has 5 heteroatoms. The molecule has 1 aromatic carbocycles. The molecule has 0 saturated carbocycles. The molecule has 2 nitrogen and oxygen atoms in total. The summed E-state index contributed by atoms with van der Waals surface area (Å²) < 4.78 is 13.2. The Hall–Kier alpha value is -1.19. The molecule has 0 aliphatic rings. The number of benzene rings is 1. The molecular weight excluding hydrogens is 262 g/mol. The van der Waals surface area contributed by atoms with Crippen LogP contribution in [0.1, 0.15) is 12.5 Å². The average Bonchev–Trinajstić information content (AvgIpc) is 2.32. The topological polar surface area (TPSA) is 25.8 Å². The molecule has 17 heavy (non-hydrogen) atoms. The molecule has 1 aromatic heterocycles. The van der Waals surface area contributed by atoms with Gasteiger partial charge in [-0.3, -0.25) is 0 Å². The minimum Gasteiger partial charge on any atom is -0.236 e. The minimum absolute atomic E-state index is 0.360. The van der Waals surface area contributed by atoms with Crippen LogP contribution in [0.3, 0.4) is 0 Å². The highest BCUT2D eigenvalue weighted by Crippen LogP contribution is 2.31. The Morgan fingerprint density at radius 3 is 2.71 bits per heavy atom. The van der Waals surface area contributed by atoms with Crippen molar-refractivity contribution >= 4 is 23.2 Å². The summed E-state index contributed by atoms with van der Waals surface area (Å²) in [5.74, 6) is -0.360. The molecule has 0 fully saturated rings. The second-order valence-corrected chi connectivity index (χ2v) is 4.23. The Kier molecular flexibility index (Phi) is 3.60. The Morgan fingerprint density at radius 1 is 1.24 bits per heavy atom.